The van der Waals surface area contributed by atoms with Gasteiger partial charge in [-0.05, 0) is 37.4 Å². The summed E-state index contributed by atoms with van der Waals surface area (Å²) >= 11 is 1.48. The molecule has 0 unspecified atom stereocenters. The molecule has 0 saturated carbocycles. The Kier molecular flexibility index (Phi) is 5.61. The van der Waals surface area contributed by atoms with E-state index in [1.807, 2.05) is 18.4 Å². The minimum absolute atomic E-state index is 0.192. The molecule has 0 N–H and O–H groups in total. The van der Waals surface area contributed by atoms with Crippen LogP contribution in [0.4, 0.5) is 0 Å². The number of hydrogen-bond donors (Lipinski definition) is 0. The van der Waals surface area contributed by atoms with Crippen molar-refractivity contribution in [2.24, 2.45) is 0 Å². The number of carbonyl (C=O) groups is 2. The van der Waals surface area contributed by atoms with E-state index >= 15 is 0 Å². The second kappa shape index (κ2) is 7.66. The SMILES string of the molecule is CCOC(=O)c1ccccc1C(=O)Oc1ccccc1SC. The Bertz CT molecular complexity index is 682. The van der Waals surface area contributed by atoms with Crippen molar-refractivity contribution in [3.05, 3.63) is 59.7 Å². The van der Waals surface area contributed by atoms with Gasteiger partial charge in [0.25, 0.3) is 0 Å². The van der Waals surface area contributed by atoms with Crippen LogP contribution in [-0.2, 0) is 4.74 Å². The summed E-state index contributed by atoms with van der Waals surface area (Å²) in [5.74, 6) is -0.642. The van der Waals surface area contributed by atoms with Gasteiger partial charge in [0.15, 0.2) is 0 Å². The Hall–Kier alpha value is -2.27. The summed E-state index contributed by atoms with van der Waals surface area (Å²) in [6.45, 7) is 1.96. The molecule has 0 heterocycles. The van der Waals surface area contributed by atoms with E-state index in [1.54, 1.807) is 43.3 Å². The highest BCUT2D eigenvalue weighted by Crippen LogP contribution is 2.28. The van der Waals surface area contributed by atoms with Gasteiger partial charge in [-0.3, -0.25) is 0 Å². The van der Waals surface area contributed by atoms with Crippen LogP contribution in [-0.4, -0.2) is 24.8 Å². The summed E-state index contributed by atoms with van der Waals surface area (Å²) in [4.78, 5) is 25.1. The smallest absolute Gasteiger partial charge is 0.344 e. The number of thioether (sulfide) groups is 1. The average Bonchev–Trinajstić information content (AvgIpc) is 2.55. The fourth-order valence-electron chi connectivity index (χ4n) is 1.91. The molecule has 5 heteroatoms. The zero-order chi connectivity index (χ0) is 15.9. The highest BCUT2D eigenvalue weighted by Gasteiger charge is 2.19. The first kappa shape index (κ1) is 16.1. The Balaban J connectivity index is 2.28. The van der Waals surface area contributed by atoms with E-state index in [0.717, 1.165) is 4.90 Å². The summed E-state index contributed by atoms with van der Waals surface area (Å²) in [6, 6.07) is 13.7. The van der Waals surface area contributed by atoms with E-state index in [4.69, 9.17) is 9.47 Å². The molecule has 0 bridgehead atoms. The average molecular weight is 316 g/mol. The largest absolute Gasteiger partial charge is 0.462 e. The van der Waals surface area contributed by atoms with Crippen molar-refractivity contribution < 1.29 is 19.1 Å². The molecule has 4 nitrogen and oxygen atoms in total. The van der Waals surface area contributed by atoms with Gasteiger partial charge in [-0.2, -0.15) is 0 Å². The Morgan fingerprint density at radius 2 is 1.55 bits per heavy atom. The summed E-state index contributed by atoms with van der Waals surface area (Å²) in [7, 11) is 0. The molecule has 22 heavy (non-hydrogen) atoms. The maximum Gasteiger partial charge on any atom is 0.344 e. The van der Waals surface area contributed by atoms with Crippen LogP contribution in [0, 0.1) is 0 Å². The van der Waals surface area contributed by atoms with Crippen LogP contribution >= 0.6 is 11.8 Å². The number of para-hydroxylation sites is 1. The van der Waals surface area contributed by atoms with Gasteiger partial charge in [0.05, 0.1) is 17.7 Å². The number of benzene rings is 2. The maximum atomic E-state index is 12.4. The van der Waals surface area contributed by atoms with E-state index in [1.165, 1.54) is 11.8 Å². The molecule has 0 radical (unpaired) electrons. The number of hydrogen-bond acceptors (Lipinski definition) is 5. The number of carbonyl (C=O) groups excluding carboxylic acids is 2. The second-order valence-electron chi connectivity index (χ2n) is 4.31. The van der Waals surface area contributed by atoms with Crippen molar-refractivity contribution in [2.45, 2.75) is 11.8 Å². The number of rotatable bonds is 5. The monoisotopic (exact) mass is 316 g/mol. The van der Waals surface area contributed by atoms with E-state index in [2.05, 4.69) is 0 Å². The summed E-state index contributed by atoms with van der Waals surface area (Å²) < 4.78 is 10.4. The van der Waals surface area contributed by atoms with Crippen LogP contribution in [0.15, 0.2) is 53.4 Å². The van der Waals surface area contributed by atoms with Crippen LogP contribution in [0.1, 0.15) is 27.6 Å². The van der Waals surface area contributed by atoms with Gasteiger partial charge in [-0.15, -0.1) is 11.8 Å². The van der Waals surface area contributed by atoms with E-state index in [-0.39, 0.29) is 17.7 Å². The van der Waals surface area contributed by atoms with Crippen LogP contribution in [0.3, 0.4) is 0 Å². The summed E-state index contributed by atoms with van der Waals surface area (Å²) in [5, 5.41) is 0. The van der Waals surface area contributed by atoms with E-state index < -0.39 is 11.9 Å². The molecule has 0 aliphatic rings. The van der Waals surface area contributed by atoms with Crippen LogP contribution in [0.25, 0.3) is 0 Å². The van der Waals surface area contributed by atoms with Crippen molar-refractivity contribution in [1.29, 1.82) is 0 Å². The molecular formula is C17H16O4S. The Morgan fingerprint density at radius 3 is 2.18 bits per heavy atom. The van der Waals surface area contributed by atoms with Crippen molar-refractivity contribution in [1.82, 2.24) is 0 Å². The first-order chi connectivity index (χ1) is 10.7. The zero-order valence-electron chi connectivity index (χ0n) is 12.4. The minimum atomic E-state index is -0.579. The standard InChI is InChI=1S/C17H16O4S/c1-3-20-16(18)12-8-4-5-9-13(12)17(19)21-14-10-6-7-11-15(14)22-2/h4-11H,3H2,1-2H3. The van der Waals surface area contributed by atoms with Gasteiger partial charge in [0, 0.05) is 4.90 Å². The Labute approximate surface area is 133 Å². The van der Waals surface area contributed by atoms with Gasteiger partial charge < -0.3 is 9.47 Å². The molecule has 0 amide bonds. The maximum absolute atomic E-state index is 12.4. The van der Waals surface area contributed by atoms with Crippen molar-refractivity contribution in [3.63, 3.8) is 0 Å². The molecule has 0 atom stereocenters. The Morgan fingerprint density at radius 1 is 0.955 bits per heavy atom. The molecule has 2 rings (SSSR count). The molecule has 2 aromatic rings. The predicted molar refractivity (Wildman–Crippen MR) is 85.6 cm³/mol. The quantitative estimate of drug-likeness (QED) is 0.477. The third-order valence-electron chi connectivity index (χ3n) is 2.91. The van der Waals surface area contributed by atoms with Gasteiger partial charge in [-0.25, -0.2) is 9.59 Å². The van der Waals surface area contributed by atoms with E-state index in [0.29, 0.717) is 5.75 Å². The highest BCUT2D eigenvalue weighted by atomic mass is 32.2. The van der Waals surface area contributed by atoms with Gasteiger partial charge >= 0.3 is 11.9 Å². The fourth-order valence-corrected chi connectivity index (χ4v) is 2.43. The summed E-state index contributed by atoms with van der Waals surface area (Å²) in [6.07, 6.45) is 1.90. The van der Waals surface area contributed by atoms with Crippen LogP contribution in [0.5, 0.6) is 5.75 Å². The molecule has 0 aliphatic carbocycles. The topological polar surface area (TPSA) is 52.6 Å². The lowest BCUT2D eigenvalue weighted by Crippen LogP contribution is -2.16. The fraction of sp³-hybridized carbons (Fsp3) is 0.176. The third kappa shape index (κ3) is 3.68. The van der Waals surface area contributed by atoms with Crippen molar-refractivity contribution in [2.75, 3.05) is 12.9 Å². The predicted octanol–water partition coefficient (Wildman–Crippen LogP) is 3.80. The molecular weight excluding hydrogens is 300 g/mol. The van der Waals surface area contributed by atoms with Crippen molar-refractivity contribution >= 4 is 23.7 Å². The molecule has 0 saturated heterocycles. The van der Waals surface area contributed by atoms with Crippen LogP contribution in [0.2, 0.25) is 0 Å². The van der Waals surface area contributed by atoms with Crippen LogP contribution < -0.4 is 4.74 Å². The van der Waals surface area contributed by atoms with Gasteiger partial charge in [0.2, 0.25) is 0 Å². The lowest BCUT2D eigenvalue weighted by molar-refractivity contribution is 0.0517. The summed E-state index contributed by atoms with van der Waals surface area (Å²) in [5.41, 5.74) is 0.396. The zero-order valence-corrected chi connectivity index (χ0v) is 13.2. The minimum Gasteiger partial charge on any atom is -0.462 e. The van der Waals surface area contributed by atoms with Gasteiger partial charge in [-0.1, -0.05) is 24.3 Å². The first-order valence-electron chi connectivity index (χ1n) is 6.78. The van der Waals surface area contributed by atoms with Crippen molar-refractivity contribution in [3.8, 4) is 5.75 Å². The third-order valence-corrected chi connectivity index (χ3v) is 3.69. The highest BCUT2D eigenvalue weighted by molar-refractivity contribution is 7.98. The normalized spacial score (nSPS) is 10.1. The molecule has 0 aliphatic heterocycles. The molecule has 0 fully saturated rings. The number of ether oxygens (including phenoxy) is 2. The molecule has 114 valence electrons. The van der Waals surface area contributed by atoms with Gasteiger partial charge in [0.1, 0.15) is 5.75 Å². The first-order valence-corrected chi connectivity index (χ1v) is 8.01. The van der Waals surface area contributed by atoms with E-state index in [9.17, 15) is 9.59 Å². The molecule has 0 aromatic heterocycles. The molecule has 2 aromatic carbocycles. The lowest BCUT2D eigenvalue weighted by atomic mass is 10.1. The number of esters is 2. The molecule has 0 spiro atoms. The lowest BCUT2D eigenvalue weighted by Gasteiger charge is -2.10. The second-order valence-corrected chi connectivity index (χ2v) is 5.15.